The van der Waals surface area contributed by atoms with E-state index in [1.54, 1.807) is 0 Å². The first-order valence-corrected chi connectivity index (χ1v) is 11.9. The third-order valence-corrected chi connectivity index (χ3v) is 6.92. The average molecular weight is 413 g/mol. The molecule has 2 aromatic rings. The SMILES string of the molecule is CC(C)(C)c1ccc(-c2nnc(SCC(=O)NCC3CC3)n2C2CCCC2)cc1. The van der Waals surface area contributed by atoms with Crippen molar-refractivity contribution in [3.8, 4) is 11.4 Å². The van der Waals surface area contributed by atoms with Gasteiger partial charge < -0.3 is 5.32 Å². The van der Waals surface area contributed by atoms with E-state index in [4.69, 9.17) is 0 Å². The number of hydrogen-bond acceptors (Lipinski definition) is 4. The molecule has 0 bridgehead atoms. The fourth-order valence-corrected chi connectivity index (χ4v) is 4.78. The molecule has 156 valence electrons. The molecular formula is C23H32N4OS. The Morgan fingerprint density at radius 3 is 2.41 bits per heavy atom. The van der Waals surface area contributed by atoms with Crippen LogP contribution in [0.1, 0.15) is 70.9 Å². The van der Waals surface area contributed by atoms with Crippen molar-refractivity contribution in [3.63, 3.8) is 0 Å². The molecule has 0 aliphatic heterocycles. The Kier molecular flexibility index (Phi) is 6.00. The Labute approximate surface area is 178 Å². The number of carbonyl (C=O) groups is 1. The molecule has 4 rings (SSSR count). The van der Waals surface area contributed by atoms with Crippen molar-refractivity contribution in [3.05, 3.63) is 29.8 Å². The molecule has 2 aliphatic rings. The standard InChI is InChI=1S/C23H32N4OS/c1-23(2,3)18-12-10-17(11-13-18)21-25-26-22(27(21)19-6-4-5-7-19)29-15-20(28)24-14-16-8-9-16/h10-13,16,19H,4-9,14-15H2,1-3H3,(H,24,28). The van der Waals surface area contributed by atoms with Gasteiger partial charge in [-0.3, -0.25) is 9.36 Å². The topological polar surface area (TPSA) is 59.8 Å². The average Bonchev–Trinajstić information content (AvgIpc) is 3.19. The number of aromatic nitrogens is 3. The normalized spacial score (nSPS) is 17.6. The van der Waals surface area contributed by atoms with Crippen LogP contribution < -0.4 is 5.32 Å². The molecule has 0 radical (unpaired) electrons. The van der Waals surface area contributed by atoms with Gasteiger partial charge in [0.2, 0.25) is 5.91 Å². The summed E-state index contributed by atoms with van der Waals surface area (Å²) >= 11 is 1.51. The smallest absolute Gasteiger partial charge is 0.230 e. The van der Waals surface area contributed by atoms with Gasteiger partial charge >= 0.3 is 0 Å². The van der Waals surface area contributed by atoms with E-state index in [2.05, 4.69) is 65.1 Å². The largest absolute Gasteiger partial charge is 0.355 e. The minimum atomic E-state index is 0.0963. The molecule has 1 heterocycles. The molecule has 2 aliphatic carbocycles. The van der Waals surface area contributed by atoms with Crippen molar-refractivity contribution in [2.24, 2.45) is 5.92 Å². The lowest BCUT2D eigenvalue weighted by molar-refractivity contribution is -0.118. The maximum atomic E-state index is 12.2. The molecule has 2 saturated carbocycles. The Bertz CT molecular complexity index is 843. The quantitative estimate of drug-likeness (QED) is 0.652. The summed E-state index contributed by atoms with van der Waals surface area (Å²) in [5, 5.41) is 12.9. The fourth-order valence-electron chi connectivity index (χ4n) is 3.94. The second-order valence-electron chi connectivity index (χ2n) is 9.48. The highest BCUT2D eigenvalue weighted by atomic mass is 32.2. The first-order chi connectivity index (χ1) is 13.9. The predicted molar refractivity (Wildman–Crippen MR) is 118 cm³/mol. The molecule has 1 aromatic heterocycles. The summed E-state index contributed by atoms with van der Waals surface area (Å²) in [6, 6.07) is 9.14. The lowest BCUT2D eigenvalue weighted by Gasteiger charge is -2.20. The minimum absolute atomic E-state index is 0.0963. The van der Waals surface area contributed by atoms with Crippen LogP contribution in [0.5, 0.6) is 0 Å². The molecule has 5 nitrogen and oxygen atoms in total. The second-order valence-corrected chi connectivity index (χ2v) is 10.4. The van der Waals surface area contributed by atoms with E-state index in [-0.39, 0.29) is 11.3 Å². The van der Waals surface area contributed by atoms with Gasteiger partial charge in [-0.05, 0) is 42.6 Å². The molecule has 0 spiro atoms. The van der Waals surface area contributed by atoms with E-state index in [0.29, 0.717) is 17.7 Å². The number of benzene rings is 1. The number of carbonyl (C=O) groups excluding carboxylic acids is 1. The van der Waals surface area contributed by atoms with Gasteiger partial charge in [0.1, 0.15) is 0 Å². The van der Waals surface area contributed by atoms with Crippen LogP contribution in [0, 0.1) is 5.92 Å². The summed E-state index contributed by atoms with van der Waals surface area (Å²) in [4.78, 5) is 12.2. The third-order valence-electron chi connectivity index (χ3n) is 5.98. The highest BCUT2D eigenvalue weighted by Gasteiger charge is 2.26. The van der Waals surface area contributed by atoms with Crippen molar-refractivity contribution in [1.82, 2.24) is 20.1 Å². The third kappa shape index (κ3) is 5.03. The molecule has 1 aromatic carbocycles. The summed E-state index contributed by atoms with van der Waals surface area (Å²) in [5.41, 5.74) is 2.55. The van der Waals surface area contributed by atoms with Crippen LogP contribution in [-0.2, 0) is 10.2 Å². The zero-order chi connectivity index (χ0) is 20.4. The predicted octanol–water partition coefficient (Wildman–Crippen LogP) is 4.98. The Morgan fingerprint density at radius 2 is 1.79 bits per heavy atom. The van der Waals surface area contributed by atoms with Gasteiger partial charge in [-0.25, -0.2) is 0 Å². The van der Waals surface area contributed by atoms with Crippen LogP contribution in [-0.4, -0.2) is 33.0 Å². The zero-order valence-corrected chi connectivity index (χ0v) is 18.6. The molecule has 6 heteroatoms. The molecule has 29 heavy (non-hydrogen) atoms. The molecule has 1 amide bonds. The Balaban J connectivity index is 1.53. The van der Waals surface area contributed by atoms with E-state index < -0.39 is 0 Å². The Morgan fingerprint density at radius 1 is 1.10 bits per heavy atom. The molecule has 2 fully saturated rings. The number of nitrogens with zero attached hydrogens (tertiary/aromatic N) is 3. The number of nitrogens with one attached hydrogen (secondary N) is 1. The minimum Gasteiger partial charge on any atom is -0.355 e. The lowest BCUT2D eigenvalue weighted by atomic mass is 9.86. The molecule has 1 N–H and O–H groups in total. The van der Waals surface area contributed by atoms with E-state index in [0.717, 1.165) is 35.9 Å². The fraction of sp³-hybridized carbons (Fsp3) is 0.609. The van der Waals surface area contributed by atoms with Gasteiger partial charge in [0.15, 0.2) is 11.0 Å². The van der Waals surface area contributed by atoms with Crippen LogP contribution in [0.4, 0.5) is 0 Å². The Hall–Kier alpha value is -1.82. The first-order valence-electron chi connectivity index (χ1n) is 10.9. The van der Waals surface area contributed by atoms with Crippen LogP contribution in [0.2, 0.25) is 0 Å². The van der Waals surface area contributed by atoms with E-state index in [9.17, 15) is 4.79 Å². The number of rotatable bonds is 7. The van der Waals surface area contributed by atoms with Crippen molar-refractivity contribution in [2.45, 2.75) is 75.9 Å². The van der Waals surface area contributed by atoms with Gasteiger partial charge in [0.05, 0.1) is 5.75 Å². The monoisotopic (exact) mass is 412 g/mol. The van der Waals surface area contributed by atoms with Crippen LogP contribution in [0.25, 0.3) is 11.4 Å². The summed E-state index contributed by atoms with van der Waals surface area (Å²) in [5.74, 6) is 2.13. The maximum Gasteiger partial charge on any atom is 0.230 e. The van der Waals surface area contributed by atoms with Crippen LogP contribution in [0.15, 0.2) is 29.4 Å². The summed E-state index contributed by atoms with van der Waals surface area (Å²) in [6.45, 7) is 7.50. The van der Waals surface area contributed by atoms with Gasteiger partial charge in [-0.1, -0.05) is 69.6 Å². The van der Waals surface area contributed by atoms with Crippen molar-refractivity contribution >= 4 is 17.7 Å². The number of amides is 1. The van der Waals surface area contributed by atoms with Gasteiger partial charge in [0, 0.05) is 18.2 Å². The van der Waals surface area contributed by atoms with E-state index in [1.165, 1.54) is 43.0 Å². The van der Waals surface area contributed by atoms with Crippen molar-refractivity contribution in [1.29, 1.82) is 0 Å². The van der Waals surface area contributed by atoms with Crippen molar-refractivity contribution in [2.75, 3.05) is 12.3 Å². The maximum absolute atomic E-state index is 12.2. The first kappa shape index (κ1) is 20.5. The van der Waals surface area contributed by atoms with Crippen LogP contribution in [0.3, 0.4) is 0 Å². The van der Waals surface area contributed by atoms with Gasteiger partial charge in [0.25, 0.3) is 0 Å². The molecule has 0 unspecified atom stereocenters. The van der Waals surface area contributed by atoms with E-state index >= 15 is 0 Å². The zero-order valence-electron chi connectivity index (χ0n) is 17.8. The number of thioether (sulfide) groups is 1. The number of hydrogen-bond donors (Lipinski definition) is 1. The van der Waals surface area contributed by atoms with E-state index in [1.807, 2.05) is 0 Å². The summed E-state index contributed by atoms with van der Waals surface area (Å²) in [6.07, 6.45) is 7.31. The summed E-state index contributed by atoms with van der Waals surface area (Å²) < 4.78 is 2.29. The highest BCUT2D eigenvalue weighted by molar-refractivity contribution is 7.99. The van der Waals surface area contributed by atoms with Gasteiger partial charge in [-0.2, -0.15) is 0 Å². The summed E-state index contributed by atoms with van der Waals surface area (Å²) in [7, 11) is 0. The van der Waals surface area contributed by atoms with Crippen molar-refractivity contribution < 1.29 is 4.79 Å². The molecule has 0 atom stereocenters. The van der Waals surface area contributed by atoms with Crippen LogP contribution >= 0.6 is 11.8 Å². The van der Waals surface area contributed by atoms with Gasteiger partial charge in [-0.15, -0.1) is 10.2 Å². The lowest BCUT2D eigenvalue weighted by Crippen LogP contribution is -2.27. The highest BCUT2D eigenvalue weighted by Crippen LogP contribution is 2.37. The molecular weight excluding hydrogens is 380 g/mol. The molecule has 0 saturated heterocycles. The second kappa shape index (κ2) is 8.50.